The van der Waals surface area contributed by atoms with Gasteiger partial charge in [0.1, 0.15) is 11.9 Å². The number of anilines is 1. The minimum absolute atomic E-state index is 0.0606. The second-order valence-electron chi connectivity index (χ2n) is 3.48. The van der Waals surface area contributed by atoms with Gasteiger partial charge in [-0.15, -0.1) is 0 Å². The summed E-state index contributed by atoms with van der Waals surface area (Å²) in [5, 5.41) is 0.513. The Balaban J connectivity index is 2.84. The molecule has 16 heavy (non-hydrogen) atoms. The Morgan fingerprint density at radius 3 is 3.00 bits per heavy atom. The highest BCUT2D eigenvalue weighted by Gasteiger charge is 2.12. The lowest BCUT2D eigenvalue weighted by Crippen LogP contribution is -2.12. The smallest absolute Gasteiger partial charge is 0.262 e. The van der Waals surface area contributed by atoms with Crippen molar-refractivity contribution in [1.82, 2.24) is 14.5 Å². The third-order valence-corrected chi connectivity index (χ3v) is 2.48. The van der Waals surface area contributed by atoms with Gasteiger partial charge in [0.05, 0.1) is 11.9 Å². The SMILES string of the molecule is CCc1cn(CC=O)c2nc(N)[nH]c(=O)c12. The van der Waals surface area contributed by atoms with E-state index in [4.69, 9.17) is 5.73 Å². The molecule has 0 saturated carbocycles. The van der Waals surface area contributed by atoms with E-state index >= 15 is 0 Å². The van der Waals surface area contributed by atoms with Gasteiger partial charge >= 0.3 is 0 Å². The lowest BCUT2D eigenvalue weighted by Gasteiger charge is -1.98. The predicted octanol–water partition coefficient (Wildman–Crippen LogP) is 0.0681. The van der Waals surface area contributed by atoms with Crippen LogP contribution in [0.1, 0.15) is 12.5 Å². The molecule has 0 aliphatic heterocycles. The lowest BCUT2D eigenvalue weighted by molar-refractivity contribution is -0.108. The number of aromatic nitrogens is 3. The number of hydrogen-bond donors (Lipinski definition) is 2. The van der Waals surface area contributed by atoms with E-state index < -0.39 is 0 Å². The van der Waals surface area contributed by atoms with Crippen LogP contribution in [0.4, 0.5) is 5.95 Å². The van der Waals surface area contributed by atoms with Crippen molar-refractivity contribution in [2.75, 3.05) is 5.73 Å². The first kappa shape index (κ1) is 10.4. The minimum Gasteiger partial charge on any atom is -0.369 e. The zero-order valence-corrected chi connectivity index (χ0v) is 8.86. The monoisotopic (exact) mass is 220 g/mol. The van der Waals surface area contributed by atoms with Crippen molar-refractivity contribution in [3.63, 3.8) is 0 Å². The molecule has 0 aliphatic carbocycles. The van der Waals surface area contributed by atoms with Crippen LogP contribution in [0.3, 0.4) is 0 Å². The molecular formula is C10H12N4O2. The summed E-state index contributed by atoms with van der Waals surface area (Å²) in [5.74, 6) is 0.0606. The van der Waals surface area contributed by atoms with E-state index in [1.54, 1.807) is 10.8 Å². The van der Waals surface area contributed by atoms with Gasteiger partial charge in [0.15, 0.2) is 0 Å². The Morgan fingerprint density at radius 1 is 1.62 bits per heavy atom. The van der Waals surface area contributed by atoms with Gasteiger partial charge in [-0.3, -0.25) is 9.78 Å². The van der Waals surface area contributed by atoms with Crippen molar-refractivity contribution in [3.8, 4) is 0 Å². The van der Waals surface area contributed by atoms with Gasteiger partial charge in [-0.25, -0.2) is 0 Å². The summed E-state index contributed by atoms with van der Waals surface area (Å²) >= 11 is 0. The summed E-state index contributed by atoms with van der Waals surface area (Å²) in [6.45, 7) is 2.11. The first-order valence-electron chi connectivity index (χ1n) is 4.98. The number of nitrogens with one attached hydrogen (secondary N) is 1. The van der Waals surface area contributed by atoms with E-state index in [2.05, 4.69) is 9.97 Å². The quantitative estimate of drug-likeness (QED) is 0.715. The molecule has 2 aromatic heterocycles. The molecule has 0 unspecified atom stereocenters. The highest BCUT2D eigenvalue weighted by molar-refractivity contribution is 5.81. The fourth-order valence-corrected chi connectivity index (χ4v) is 1.78. The van der Waals surface area contributed by atoms with Crippen molar-refractivity contribution in [1.29, 1.82) is 0 Å². The van der Waals surface area contributed by atoms with Crippen LogP contribution in [0.25, 0.3) is 11.0 Å². The number of aldehydes is 1. The summed E-state index contributed by atoms with van der Waals surface area (Å²) in [6, 6.07) is 0. The Bertz CT molecular complexity index is 597. The van der Waals surface area contributed by atoms with Crippen LogP contribution in [0.5, 0.6) is 0 Å². The molecular weight excluding hydrogens is 208 g/mol. The molecule has 0 aromatic carbocycles. The molecule has 84 valence electrons. The molecule has 6 heteroatoms. The maximum Gasteiger partial charge on any atom is 0.262 e. The Hall–Kier alpha value is -2.11. The van der Waals surface area contributed by atoms with Gasteiger partial charge in [0.25, 0.3) is 5.56 Å². The van der Waals surface area contributed by atoms with E-state index in [1.807, 2.05) is 6.92 Å². The van der Waals surface area contributed by atoms with E-state index in [-0.39, 0.29) is 18.1 Å². The van der Waals surface area contributed by atoms with Crippen LogP contribution in [0, 0.1) is 0 Å². The Kier molecular flexibility index (Phi) is 2.47. The standard InChI is InChI=1S/C10H12N4O2/c1-2-6-5-14(3-4-15)8-7(6)9(16)13-10(11)12-8/h4-5H,2-3H2,1H3,(H3,11,12,13,16). The highest BCUT2D eigenvalue weighted by Crippen LogP contribution is 2.16. The summed E-state index contributed by atoms with van der Waals surface area (Å²) in [4.78, 5) is 28.7. The Morgan fingerprint density at radius 2 is 2.38 bits per heavy atom. The molecule has 2 heterocycles. The zero-order valence-electron chi connectivity index (χ0n) is 8.86. The molecule has 2 aromatic rings. The number of H-pyrrole nitrogens is 1. The Labute approximate surface area is 91.1 Å². The molecule has 0 aliphatic rings. The number of carbonyl (C=O) groups is 1. The third-order valence-electron chi connectivity index (χ3n) is 2.48. The molecule has 0 bridgehead atoms. The van der Waals surface area contributed by atoms with E-state index in [1.165, 1.54) is 0 Å². The molecule has 0 radical (unpaired) electrons. The number of aromatic amines is 1. The minimum atomic E-state index is -0.260. The topological polar surface area (TPSA) is 93.8 Å². The number of carbonyl (C=O) groups excluding carboxylic acids is 1. The van der Waals surface area contributed by atoms with Crippen LogP contribution >= 0.6 is 0 Å². The van der Waals surface area contributed by atoms with Gasteiger partial charge in [-0.05, 0) is 12.0 Å². The fraction of sp³-hybridized carbons (Fsp3) is 0.300. The highest BCUT2D eigenvalue weighted by atomic mass is 16.1. The number of nitrogen functional groups attached to an aromatic ring is 1. The van der Waals surface area contributed by atoms with Crippen molar-refractivity contribution in [2.24, 2.45) is 0 Å². The van der Waals surface area contributed by atoms with Crippen molar-refractivity contribution >= 4 is 23.3 Å². The molecule has 0 spiro atoms. The van der Waals surface area contributed by atoms with Crippen LogP contribution in [0.15, 0.2) is 11.0 Å². The average molecular weight is 220 g/mol. The molecule has 2 rings (SSSR count). The number of nitrogens with zero attached hydrogens (tertiary/aromatic N) is 2. The van der Waals surface area contributed by atoms with Crippen LogP contribution in [0.2, 0.25) is 0 Å². The summed E-state index contributed by atoms with van der Waals surface area (Å²) < 4.78 is 1.63. The normalized spacial score (nSPS) is 10.8. The maximum absolute atomic E-state index is 11.7. The van der Waals surface area contributed by atoms with Crippen LogP contribution in [-0.2, 0) is 17.8 Å². The summed E-state index contributed by atoms with van der Waals surface area (Å²) in [5.41, 5.74) is 6.54. The van der Waals surface area contributed by atoms with Crippen LogP contribution < -0.4 is 11.3 Å². The molecule has 0 saturated heterocycles. The number of fused-ring (bicyclic) bond motifs is 1. The maximum atomic E-state index is 11.7. The summed E-state index contributed by atoms with van der Waals surface area (Å²) in [7, 11) is 0. The molecule has 3 N–H and O–H groups in total. The van der Waals surface area contributed by atoms with E-state index in [0.29, 0.717) is 17.5 Å². The fourth-order valence-electron chi connectivity index (χ4n) is 1.78. The van der Waals surface area contributed by atoms with Gasteiger partial charge < -0.3 is 15.1 Å². The second-order valence-corrected chi connectivity index (χ2v) is 3.48. The van der Waals surface area contributed by atoms with Crippen molar-refractivity contribution in [2.45, 2.75) is 19.9 Å². The zero-order chi connectivity index (χ0) is 11.7. The average Bonchev–Trinajstić information content (AvgIpc) is 2.57. The van der Waals surface area contributed by atoms with Crippen molar-refractivity contribution in [3.05, 3.63) is 22.1 Å². The second kappa shape index (κ2) is 3.80. The largest absolute Gasteiger partial charge is 0.369 e. The number of hydrogen-bond acceptors (Lipinski definition) is 4. The number of rotatable bonds is 3. The molecule has 0 amide bonds. The van der Waals surface area contributed by atoms with Gasteiger partial charge in [0, 0.05) is 6.20 Å². The first-order valence-corrected chi connectivity index (χ1v) is 4.98. The van der Waals surface area contributed by atoms with Crippen LogP contribution in [-0.4, -0.2) is 20.8 Å². The first-order chi connectivity index (χ1) is 7.67. The third kappa shape index (κ3) is 1.48. The van der Waals surface area contributed by atoms with Gasteiger partial charge in [-0.2, -0.15) is 4.98 Å². The molecule has 6 nitrogen and oxygen atoms in total. The van der Waals surface area contributed by atoms with Gasteiger partial charge in [0.2, 0.25) is 5.95 Å². The summed E-state index contributed by atoms with van der Waals surface area (Å²) in [6.07, 6.45) is 3.23. The lowest BCUT2D eigenvalue weighted by atomic mass is 10.2. The van der Waals surface area contributed by atoms with E-state index in [9.17, 15) is 9.59 Å². The van der Waals surface area contributed by atoms with Crippen molar-refractivity contribution < 1.29 is 4.79 Å². The molecule has 0 atom stereocenters. The van der Waals surface area contributed by atoms with Gasteiger partial charge in [-0.1, -0.05) is 6.92 Å². The molecule has 0 fully saturated rings. The number of nitrogens with two attached hydrogens (primary N) is 1. The predicted molar refractivity (Wildman–Crippen MR) is 60.2 cm³/mol. The number of aryl methyl sites for hydroxylation is 1. The van der Waals surface area contributed by atoms with E-state index in [0.717, 1.165) is 11.8 Å².